The monoisotopic (exact) mass is 216 g/mol. The van der Waals surface area contributed by atoms with E-state index in [1.165, 1.54) is 6.42 Å². The van der Waals surface area contributed by atoms with Gasteiger partial charge in [-0.3, -0.25) is 4.90 Å². The molecule has 3 nitrogen and oxygen atoms in total. The highest BCUT2D eigenvalue weighted by Gasteiger charge is 2.15. The van der Waals surface area contributed by atoms with E-state index < -0.39 is 0 Å². The van der Waals surface area contributed by atoms with Crippen LogP contribution in [0.5, 0.6) is 0 Å². The molecule has 1 atom stereocenters. The smallest absolute Gasteiger partial charge is 0.0589 e. The highest BCUT2D eigenvalue weighted by molar-refractivity contribution is 4.71. The number of nitrogens with zero attached hydrogens (tertiary/aromatic N) is 1. The van der Waals surface area contributed by atoms with Crippen LogP contribution < -0.4 is 5.32 Å². The van der Waals surface area contributed by atoms with Gasteiger partial charge in [0.15, 0.2) is 0 Å². The van der Waals surface area contributed by atoms with E-state index in [2.05, 4.69) is 37.9 Å². The van der Waals surface area contributed by atoms with Crippen molar-refractivity contribution in [3.63, 3.8) is 0 Å². The lowest BCUT2D eigenvalue weighted by Gasteiger charge is -2.32. The Labute approximate surface area is 95.2 Å². The summed E-state index contributed by atoms with van der Waals surface area (Å²) in [5.41, 5.74) is 0. The van der Waals surface area contributed by atoms with E-state index in [1.807, 2.05) is 0 Å². The van der Waals surface area contributed by atoms with Gasteiger partial charge in [0.1, 0.15) is 0 Å². The molecule has 0 aromatic carbocycles. The molecule has 0 rings (SSSR count). The van der Waals surface area contributed by atoms with Crippen molar-refractivity contribution in [3.05, 3.63) is 0 Å². The summed E-state index contributed by atoms with van der Waals surface area (Å²) in [5, 5.41) is 3.37. The van der Waals surface area contributed by atoms with Gasteiger partial charge in [-0.1, -0.05) is 6.92 Å². The summed E-state index contributed by atoms with van der Waals surface area (Å²) >= 11 is 0. The third kappa shape index (κ3) is 6.88. The Kier molecular flexibility index (Phi) is 9.06. The number of hydrogen-bond acceptors (Lipinski definition) is 3. The topological polar surface area (TPSA) is 24.5 Å². The minimum Gasteiger partial charge on any atom is -0.383 e. The fraction of sp³-hybridized carbons (Fsp3) is 1.00. The largest absolute Gasteiger partial charge is 0.383 e. The van der Waals surface area contributed by atoms with Crippen molar-refractivity contribution in [1.29, 1.82) is 0 Å². The summed E-state index contributed by atoms with van der Waals surface area (Å²) in [6.45, 7) is 13.0. The summed E-state index contributed by atoms with van der Waals surface area (Å²) in [7, 11) is 1.77. The maximum absolute atomic E-state index is 5.14. The number of rotatable bonds is 9. The van der Waals surface area contributed by atoms with Crippen LogP contribution in [0, 0.1) is 0 Å². The zero-order valence-electron chi connectivity index (χ0n) is 11.0. The molecule has 0 amide bonds. The van der Waals surface area contributed by atoms with E-state index in [9.17, 15) is 0 Å². The van der Waals surface area contributed by atoms with Gasteiger partial charge in [0, 0.05) is 25.7 Å². The Hall–Kier alpha value is -0.120. The van der Waals surface area contributed by atoms with Crippen LogP contribution in [0.4, 0.5) is 0 Å². The first-order chi connectivity index (χ1) is 7.13. The van der Waals surface area contributed by atoms with E-state index >= 15 is 0 Å². The van der Waals surface area contributed by atoms with Gasteiger partial charge in [-0.2, -0.15) is 0 Å². The molecular weight excluding hydrogens is 188 g/mol. The molecule has 0 bridgehead atoms. The molecule has 0 aliphatic rings. The molecule has 0 saturated carbocycles. The van der Waals surface area contributed by atoms with Gasteiger partial charge in [-0.15, -0.1) is 0 Å². The molecule has 0 heterocycles. The second kappa shape index (κ2) is 9.13. The second-order valence-electron chi connectivity index (χ2n) is 4.32. The molecule has 15 heavy (non-hydrogen) atoms. The highest BCUT2D eigenvalue weighted by atomic mass is 16.5. The van der Waals surface area contributed by atoms with Gasteiger partial charge >= 0.3 is 0 Å². The van der Waals surface area contributed by atoms with Crippen molar-refractivity contribution < 1.29 is 4.74 Å². The predicted octanol–water partition coefficient (Wildman–Crippen LogP) is 1.73. The third-order valence-corrected chi connectivity index (χ3v) is 2.77. The van der Waals surface area contributed by atoms with Crippen molar-refractivity contribution in [1.82, 2.24) is 10.2 Å². The third-order valence-electron chi connectivity index (χ3n) is 2.77. The van der Waals surface area contributed by atoms with Gasteiger partial charge in [0.05, 0.1) is 6.61 Å². The fourth-order valence-corrected chi connectivity index (χ4v) is 1.84. The molecule has 0 aromatic rings. The summed E-state index contributed by atoms with van der Waals surface area (Å²) in [6, 6.07) is 1.22. The quantitative estimate of drug-likeness (QED) is 0.594. The minimum absolute atomic E-state index is 0.594. The Morgan fingerprint density at radius 2 is 1.93 bits per heavy atom. The van der Waals surface area contributed by atoms with Gasteiger partial charge < -0.3 is 10.1 Å². The van der Waals surface area contributed by atoms with Gasteiger partial charge in [0.25, 0.3) is 0 Å². The molecule has 0 spiro atoms. The fourth-order valence-electron chi connectivity index (χ4n) is 1.84. The van der Waals surface area contributed by atoms with Crippen LogP contribution in [0.3, 0.4) is 0 Å². The van der Waals surface area contributed by atoms with E-state index in [0.29, 0.717) is 12.1 Å². The second-order valence-corrected chi connectivity index (χ2v) is 4.32. The lowest BCUT2D eigenvalue weighted by atomic mass is 10.1. The maximum atomic E-state index is 5.14. The number of methoxy groups -OCH3 is 1. The lowest BCUT2D eigenvalue weighted by molar-refractivity contribution is 0.0983. The summed E-state index contributed by atoms with van der Waals surface area (Å²) in [5.74, 6) is 0. The first kappa shape index (κ1) is 14.9. The molecule has 0 saturated heterocycles. The number of nitrogens with one attached hydrogen (secondary N) is 1. The van der Waals surface area contributed by atoms with E-state index in [1.54, 1.807) is 7.11 Å². The van der Waals surface area contributed by atoms with E-state index in [4.69, 9.17) is 4.74 Å². The van der Waals surface area contributed by atoms with Crippen LogP contribution in [0.1, 0.15) is 34.1 Å². The van der Waals surface area contributed by atoms with Gasteiger partial charge in [0.2, 0.25) is 0 Å². The average molecular weight is 216 g/mol. The normalized spacial score (nSPS) is 13.8. The molecule has 3 heteroatoms. The Balaban J connectivity index is 3.87. The molecule has 1 N–H and O–H groups in total. The van der Waals surface area contributed by atoms with Crippen LogP contribution in [0.25, 0.3) is 0 Å². The molecular formula is C12H28N2O. The first-order valence-electron chi connectivity index (χ1n) is 6.08. The molecule has 0 aromatic heterocycles. The minimum atomic E-state index is 0.594. The summed E-state index contributed by atoms with van der Waals surface area (Å²) in [4.78, 5) is 2.50. The maximum Gasteiger partial charge on any atom is 0.0589 e. The number of ether oxygens (including phenoxy) is 1. The SMILES string of the molecule is CCNCCC(C)N(CCOC)C(C)C. The molecule has 1 unspecified atom stereocenters. The zero-order chi connectivity index (χ0) is 11.7. The molecule has 92 valence electrons. The van der Waals surface area contributed by atoms with Gasteiger partial charge in [-0.05, 0) is 40.3 Å². The standard InChI is InChI=1S/C12H28N2O/c1-6-13-8-7-12(4)14(11(2)3)9-10-15-5/h11-13H,6-10H2,1-5H3. The van der Waals surface area contributed by atoms with E-state index in [0.717, 1.165) is 26.2 Å². The zero-order valence-corrected chi connectivity index (χ0v) is 11.0. The highest BCUT2D eigenvalue weighted by Crippen LogP contribution is 2.07. The van der Waals surface area contributed by atoms with Gasteiger partial charge in [-0.25, -0.2) is 0 Å². The number of hydrogen-bond donors (Lipinski definition) is 1. The van der Waals surface area contributed by atoms with Crippen LogP contribution in [0.15, 0.2) is 0 Å². The van der Waals surface area contributed by atoms with Crippen molar-refractivity contribution in [3.8, 4) is 0 Å². The van der Waals surface area contributed by atoms with Crippen molar-refractivity contribution in [2.45, 2.75) is 46.2 Å². The van der Waals surface area contributed by atoms with Crippen molar-refractivity contribution in [2.75, 3.05) is 33.4 Å². The van der Waals surface area contributed by atoms with Crippen molar-refractivity contribution >= 4 is 0 Å². The average Bonchev–Trinajstić information content (AvgIpc) is 2.18. The Bertz CT molecular complexity index is 140. The summed E-state index contributed by atoms with van der Waals surface area (Å²) in [6.07, 6.45) is 1.20. The van der Waals surface area contributed by atoms with Crippen molar-refractivity contribution in [2.24, 2.45) is 0 Å². The predicted molar refractivity (Wildman–Crippen MR) is 66.3 cm³/mol. The lowest BCUT2D eigenvalue weighted by Crippen LogP contribution is -2.42. The Morgan fingerprint density at radius 3 is 2.40 bits per heavy atom. The van der Waals surface area contributed by atoms with Crippen LogP contribution in [-0.2, 0) is 4.74 Å². The first-order valence-corrected chi connectivity index (χ1v) is 6.08. The molecule has 0 aliphatic carbocycles. The van der Waals surface area contributed by atoms with E-state index in [-0.39, 0.29) is 0 Å². The van der Waals surface area contributed by atoms with Crippen LogP contribution >= 0.6 is 0 Å². The molecule has 0 fully saturated rings. The Morgan fingerprint density at radius 1 is 1.27 bits per heavy atom. The molecule has 0 aliphatic heterocycles. The molecule has 0 radical (unpaired) electrons. The summed E-state index contributed by atoms with van der Waals surface area (Å²) < 4.78 is 5.14. The van der Waals surface area contributed by atoms with Crippen LogP contribution in [0.2, 0.25) is 0 Å². The van der Waals surface area contributed by atoms with Crippen LogP contribution in [-0.4, -0.2) is 50.3 Å².